The van der Waals surface area contributed by atoms with Gasteiger partial charge in [0.1, 0.15) is 5.82 Å². The van der Waals surface area contributed by atoms with Gasteiger partial charge in [0.05, 0.1) is 0 Å². The third kappa shape index (κ3) is 4.54. The Kier molecular flexibility index (Phi) is 5.65. The van der Waals surface area contributed by atoms with E-state index in [4.69, 9.17) is 0 Å². The zero-order chi connectivity index (χ0) is 16.1. The lowest BCUT2D eigenvalue weighted by Crippen LogP contribution is -2.38. The molecule has 1 atom stereocenters. The molecule has 1 saturated heterocycles. The lowest BCUT2D eigenvalue weighted by molar-refractivity contribution is -0.134. The molecule has 126 valence electrons. The third-order valence-electron chi connectivity index (χ3n) is 5.26. The highest BCUT2D eigenvalue weighted by Crippen LogP contribution is 2.27. The van der Waals surface area contributed by atoms with Crippen molar-refractivity contribution in [2.75, 3.05) is 13.1 Å². The van der Waals surface area contributed by atoms with Crippen molar-refractivity contribution in [3.8, 4) is 0 Å². The molecule has 4 heteroatoms. The molecule has 23 heavy (non-hydrogen) atoms. The van der Waals surface area contributed by atoms with Gasteiger partial charge >= 0.3 is 0 Å². The number of hydrogen-bond donors (Lipinski definition) is 1. The summed E-state index contributed by atoms with van der Waals surface area (Å²) in [6.07, 6.45) is 7.35. The van der Waals surface area contributed by atoms with Crippen molar-refractivity contribution in [3.05, 3.63) is 35.6 Å². The highest BCUT2D eigenvalue weighted by Gasteiger charge is 2.27. The van der Waals surface area contributed by atoms with Crippen molar-refractivity contribution < 1.29 is 9.18 Å². The first-order chi connectivity index (χ1) is 11.2. The number of halogens is 1. The molecular formula is C19H27FN2O. The Morgan fingerprint density at radius 3 is 2.78 bits per heavy atom. The van der Waals surface area contributed by atoms with Crippen molar-refractivity contribution in [1.82, 2.24) is 10.2 Å². The van der Waals surface area contributed by atoms with E-state index in [2.05, 4.69) is 5.32 Å². The van der Waals surface area contributed by atoms with Crippen LogP contribution in [-0.2, 0) is 11.3 Å². The summed E-state index contributed by atoms with van der Waals surface area (Å²) in [5.74, 6) is 0.657. The average Bonchev–Trinajstić information content (AvgIpc) is 3.23. The lowest BCUT2D eigenvalue weighted by Gasteiger charge is -2.29. The van der Waals surface area contributed by atoms with Crippen molar-refractivity contribution >= 4 is 5.91 Å². The maximum absolute atomic E-state index is 13.4. The van der Waals surface area contributed by atoms with Gasteiger partial charge in [0.25, 0.3) is 0 Å². The highest BCUT2D eigenvalue weighted by atomic mass is 19.1. The van der Waals surface area contributed by atoms with E-state index in [-0.39, 0.29) is 11.7 Å². The quantitative estimate of drug-likeness (QED) is 0.871. The summed E-state index contributed by atoms with van der Waals surface area (Å²) in [5.41, 5.74) is 0.896. The van der Waals surface area contributed by atoms with Crippen LogP contribution in [0.3, 0.4) is 0 Å². The molecule has 0 bridgehead atoms. The smallest absolute Gasteiger partial charge is 0.223 e. The van der Waals surface area contributed by atoms with Crippen LogP contribution in [0, 0.1) is 11.7 Å². The SMILES string of the molecule is O=C(CCC1CCNC1)N(Cc1cccc(F)c1)C1CCCC1. The van der Waals surface area contributed by atoms with Crippen LogP contribution >= 0.6 is 0 Å². The molecular weight excluding hydrogens is 291 g/mol. The van der Waals surface area contributed by atoms with Crippen molar-refractivity contribution in [2.24, 2.45) is 5.92 Å². The number of carbonyl (C=O) groups excluding carboxylic acids is 1. The maximum atomic E-state index is 13.4. The van der Waals surface area contributed by atoms with Gasteiger partial charge < -0.3 is 10.2 Å². The summed E-state index contributed by atoms with van der Waals surface area (Å²) in [5, 5.41) is 3.36. The van der Waals surface area contributed by atoms with E-state index in [9.17, 15) is 9.18 Å². The second-order valence-corrected chi connectivity index (χ2v) is 6.99. The lowest BCUT2D eigenvalue weighted by atomic mass is 10.0. The van der Waals surface area contributed by atoms with Gasteiger partial charge in [-0.05, 0) is 62.4 Å². The number of hydrogen-bond acceptors (Lipinski definition) is 2. The monoisotopic (exact) mass is 318 g/mol. The second kappa shape index (κ2) is 7.91. The van der Waals surface area contributed by atoms with E-state index in [0.717, 1.165) is 37.9 Å². The van der Waals surface area contributed by atoms with Gasteiger partial charge in [0.15, 0.2) is 0 Å². The minimum absolute atomic E-state index is 0.224. The van der Waals surface area contributed by atoms with Crippen LogP contribution in [0.15, 0.2) is 24.3 Å². The molecule has 3 rings (SSSR count). The van der Waals surface area contributed by atoms with Gasteiger partial charge in [0.2, 0.25) is 5.91 Å². The number of nitrogens with zero attached hydrogens (tertiary/aromatic N) is 1. The Labute approximate surface area is 138 Å². The Balaban J connectivity index is 1.63. The molecule has 1 amide bonds. The van der Waals surface area contributed by atoms with Crippen molar-refractivity contribution in [2.45, 2.75) is 57.5 Å². The number of carbonyl (C=O) groups is 1. The maximum Gasteiger partial charge on any atom is 0.223 e. The fourth-order valence-corrected chi connectivity index (χ4v) is 3.90. The molecule has 1 unspecified atom stereocenters. The van der Waals surface area contributed by atoms with Gasteiger partial charge in [-0.3, -0.25) is 4.79 Å². The van der Waals surface area contributed by atoms with Gasteiger partial charge in [-0.1, -0.05) is 25.0 Å². The zero-order valence-corrected chi connectivity index (χ0v) is 13.8. The highest BCUT2D eigenvalue weighted by molar-refractivity contribution is 5.76. The molecule has 0 radical (unpaired) electrons. The van der Waals surface area contributed by atoms with Gasteiger partial charge in [0, 0.05) is 19.0 Å². The summed E-state index contributed by atoms with van der Waals surface area (Å²) in [6, 6.07) is 6.99. The zero-order valence-electron chi connectivity index (χ0n) is 13.8. The van der Waals surface area contributed by atoms with Crippen LogP contribution in [0.25, 0.3) is 0 Å². The van der Waals surface area contributed by atoms with E-state index in [1.807, 2.05) is 11.0 Å². The van der Waals surface area contributed by atoms with Gasteiger partial charge in [-0.25, -0.2) is 4.39 Å². The predicted octanol–water partition coefficient (Wildman–Crippen LogP) is 3.49. The van der Waals surface area contributed by atoms with Gasteiger partial charge in [-0.15, -0.1) is 0 Å². The summed E-state index contributed by atoms with van der Waals surface area (Å²) in [7, 11) is 0. The molecule has 1 saturated carbocycles. The Morgan fingerprint density at radius 1 is 1.26 bits per heavy atom. The van der Waals surface area contributed by atoms with E-state index >= 15 is 0 Å². The fraction of sp³-hybridized carbons (Fsp3) is 0.632. The Morgan fingerprint density at radius 2 is 2.09 bits per heavy atom. The second-order valence-electron chi connectivity index (χ2n) is 6.99. The fourth-order valence-electron chi connectivity index (χ4n) is 3.90. The molecule has 2 fully saturated rings. The molecule has 0 spiro atoms. The molecule has 1 N–H and O–H groups in total. The largest absolute Gasteiger partial charge is 0.335 e. The van der Waals surface area contributed by atoms with E-state index in [1.165, 1.54) is 25.3 Å². The average molecular weight is 318 g/mol. The van der Waals surface area contributed by atoms with Crippen molar-refractivity contribution in [1.29, 1.82) is 0 Å². The van der Waals surface area contributed by atoms with Crippen LogP contribution in [0.2, 0.25) is 0 Å². The van der Waals surface area contributed by atoms with E-state index in [1.54, 1.807) is 12.1 Å². The van der Waals surface area contributed by atoms with E-state index < -0.39 is 0 Å². The van der Waals surface area contributed by atoms with Crippen LogP contribution in [0.1, 0.15) is 50.5 Å². The molecule has 1 aliphatic carbocycles. The molecule has 2 aliphatic rings. The van der Waals surface area contributed by atoms with E-state index in [0.29, 0.717) is 24.9 Å². The van der Waals surface area contributed by atoms with Crippen molar-refractivity contribution in [3.63, 3.8) is 0 Å². The third-order valence-corrected chi connectivity index (χ3v) is 5.26. The summed E-state index contributed by atoms with van der Waals surface area (Å²) in [4.78, 5) is 14.8. The first kappa shape index (κ1) is 16.4. The molecule has 3 nitrogen and oxygen atoms in total. The molecule has 1 heterocycles. The first-order valence-electron chi connectivity index (χ1n) is 8.97. The first-order valence-corrected chi connectivity index (χ1v) is 8.97. The summed E-state index contributed by atoms with van der Waals surface area (Å²) >= 11 is 0. The molecule has 1 aromatic carbocycles. The Hall–Kier alpha value is -1.42. The summed E-state index contributed by atoms with van der Waals surface area (Å²) < 4.78 is 13.4. The minimum atomic E-state index is -0.224. The normalized spacial score (nSPS) is 21.7. The number of benzene rings is 1. The van der Waals surface area contributed by atoms with Crippen LogP contribution < -0.4 is 5.32 Å². The number of amides is 1. The van der Waals surface area contributed by atoms with Crippen LogP contribution in [0.5, 0.6) is 0 Å². The standard InChI is InChI=1S/C19H27FN2O/c20-17-5-3-4-16(12-17)14-22(18-6-1-2-7-18)19(23)9-8-15-10-11-21-13-15/h3-5,12,15,18,21H,1-2,6-11,13-14H2. The minimum Gasteiger partial charge on any atom is -0.335 e. The number of rotatable bonds is 6. The molecule has 1 aliphatic heterocycles. The summed E-state index contributed by atoms with van der Waals surface area (Å²) in [6.45, 7) is 2.67. The molecule has 0 aromatic heterocycles. The topological polar surface area (TPSA) is 32.3 Å². The Bertz CT molecular complexity index is 522. The number of nitrogens with one attached hydrogen (secondary N) is 1. The predicted molar refractivity (Wildman–Crippen MR) is 89.4 cm³/mol. The van der Waals surface area contributed by atoms with Gasteiger partial charge in [-0.2, -0.15) is 0 Å². The van der Waals surface area contributed by atoms with Crippen LogP contribution in [0.4, 0.5) is 4.39 Å². The molecule has 1 aromatic rings. The van der Waals surface area contributed by atoms with Crippen LogP contribution in [-0.4, -0.2) is 29.9 Å².